The number of ether oxygens (including phenoxy) is 1. The van der Waals surface area contributed by atoms with Gasteiger partial charge in [-0.2, -0.15) is 0 Å². The molecule has 0 bridgehead atoms. The summed E-state index contributed by atoms with van der Waals surface area (Å²) in [6.45, 7) is 7.17. The van der Waals surface area contributed by atoms with Gasteiger partial charge in [0.2, 0.25) is 0 Å². The van der Waals surface area contributed by atoms with E-state index in [-0.39, 0.29) is 12.1 Å². The van der Waals surface area contributed by atoms with E-state index in [1.807, 2.05) is 50.2 Å². The highest BCUT2D eigenvalue weighted by Crippen LogP contribution is 2.20. The third-order valence-corrected chi connectivity index (χ3v) is 4.03. The van der Waals surface area contributed by atoms with Gasteiger partial charge in [-0.05, 0) is 55.7 Å². The number of nitrogens with one attached hydrogen (secondary N) is 1. The molecule has 1 aromatic carbocycles. The molecule has 0 spiro atoms. The second kappa shape index (κ2) is 9.06. The van der Waals surface area contributed by atoms with Crippen molar-refractivity contribution in [3.63, 3.8) is 0 Å². The van der Waals surface area contributed by atoms with Gasteiger partial charge in [0.1, 0.15) is 5.75 Å². The maximum atomic E-state index is 12.5. The predicted molar refractivity (Wildman–Crippen MR) is 99.6 cm³/mol. The average Bonchev–Trinajstić information content (AvgIpc) is 2.60. The Hall–Kier alpha value is -2.56. The third-order valence-electron chi connectivity index (χ3n) is 4.03. The molecular weight excluding hydrogens is 314 g/mol. The summed E-state index contributed by atoms with van der Waals surface area (Å²) in [4.78, 5) is 18.4. The molecule has 1 aromatic heterocycles. The van der Waals surface area contributed by atoms with Crippen LogP contribution in [-0.2, 0) is 6.54 Å². The Labute approximate surface area is 150 Å². The number of hydrogen-bond acceptors (Lipinski definition) is 3. The molecule has 25 heavy (non-hydrogen) atoms. The minimum Gasteiger partial charge on any atom is -0.494 e. The van der Waals surface area contributed by atoms with E-state index >= 15 is 0 Å². The summed E-state index contributed by atoms with van der Waals surface area (Å²) < 4.78 is 5.47. The Bertz CT molecular complexity index is 686. The standard InChI is InChI=1S/C20H27N3O2/c1-5-19(17-7-9-18(10-8-17)25-6-2)22-20(24)23(4)14-16-11-12-21-15(3)13-16/h7-13,19H,5-6,14H2,1-4H3,(H,22,24)/t19-/m1/s1. The number of aromatic nitrogens is 1. The summed E-state index contributed by atoms with van der Waals surface area (Å²) >= 11 is 0. The Morgan fingerprint density at radius 3 is 2.56 bits per heavy atom. The zero-order valence-electron chi connectivity index (χ0n) is 15.5. The van der Waals surface area contributed by atoms with Crippen molar-refractivity contribution in [3.8, 4) is 5.75 Å². The molecule has 1 N–H and O–H groups in total. The topological polar surface area (TPSA) is 54.5 Å². The second-order valence-electron chi connectivity index (χ2n) is 6.07. The quantitative estimate of drug-likeness (QED) is 0.825. The number of pyridine rings is 1. The van der Waals surface area contributed by atoms with Crippen LogP contribution in [0, 0.1) is 6.92 Å². The highest BCUT2D eigenvalue weighted by Gasteiger charge is 2.16. The van der Waals surface area contributed by atoms with Crippen LogP contribution < -0.4 is 10.1 Å². The molecule has 0 aliphatic heterocycles. The molecule has 5 nitrogen and oxygen atoms in total. The van der Waals surface area contributed by atoms with Crippen molar-refractivity contribution >= 4 is 6.03 Å². The van der Waals surface area contributed by atoms with E-state index in [4.69, 9.17) is 4.74 Å². The van der Waals surface area contributed by atoms with Gasteiger partial charge in [-0.3, -0.25) is 4.98 Å². The number of carbonyl (C=O) groups excluding carboxylic acids is 1. The summed E-state index contributed by atoms with van der Waals surface area (Å²) in [6.07, 6.45) is 2.59. The smallest absolute Gasteiger partial charge is 0.317 e. The molecule has 0 aliphatic rings. The lowest BCUT2D eigenvalue weighted by molar-refractivity contribution is 0.202. The van der Waals surface area contributed by atoms with Crippen LogP contribution in [0.25, 0.3) is 0 Å². The molecule has 2 amide bonds. The van der Waals surface area contributed by atoms with E-state index in [0.717, 1.165) is 29.0 Å². The van der Waals surface area contributed by atoms with Gasteiger partial charge in [0.05, 0.1) is 12.6 Å². The first kappa shape index (κ1) is 18.8. The molecule has 1 atom stereocenters. The highest BCUT2D eigenvalue weighted by atomic mass is 16.5. The van der Waals surface area contributed by atoms with Crippen LogP contribution >= 0.6 is 0 Å². The fraction of sp³-hybridized carbons (Fsp3) is 0.400. The molecule has 0 saturated heterocycles. The van der Waals surface area contributed by atoms with E-state index in [1.165, 1.54) is 0 Å². The summed E-state index contributed by atoms with van der Waals surface area (Å²) in [5.74, 6) is 0.845. The van der Waals surface area contributed by atoms with Crippen molar-refractivity contribution < 1.29 is 9.53 Å². The molecule has 0 saturated carbocycles. The lowest BCUT2D eigenvalue weighted by Crippen LogP contribution is -2.38. The van der Waals surface area contributed by atoms with Gasteiger partial charge < -0.3 is 15.0 Å². The molecule has 2 rings (SSSR count). The van der Waals surface area contributed by atoms with Gasteiger partial charge in [0.15, 0.2) is 0 Å². The summed E-state index contributed by atoms with van der Waals surface area (Å²) in [7, 11) is 1.80. The Morgan fingerprint density at radius 2 is 1.96 bits per heavy atom. The first-order valence-corrected chi connectivity index (χ1v) is 8.69. The summed E-state index contributed by atoms with van der Waals surface area (Å²) in [6, 6.07) is 11.7. The monoisotopic (exact) mass is 341 g/mol. The van der Waals surface area contributed by atoms with Gasteiger partial charge in [-0.25, -0.2) is 4.79 Å². The van der Waals surface area contributed by atoms with Crippen LogP contribution in [0.2, 0.25) is 0 Å². The van der Waals surface area contributed by atoms with Crippen LogP contribution in [0.3, 0.4) is 0 Å². The molecular formula is C20H27N3O2. The fourth-order valence-corrected chi connectivity index (χ4v) is 2.69. The largest absolute Gasteiger partial charge is 0.494 e. The molecule has 0 unspecified atom stereocenters. The number of rotatable bonds is 7. The van der Waals surface area contributed by atoms with Crippen molar-refractivity contribution in [3.05, 3.63) is 59.4 Å². The molecule has 5 heteroatoms. The number of urea groups is 1. The predicted octanol–water partition coefficient (Wildman–Crippen LogP) is 4.08. The zero-order valence-corrected chi connectivity index (χ0v) is 15.5. The van der Waals surface area contributed by atoms with E-state index in [0.29, 0.717) is 13.2 Å². The lowest BCUT2D eigenvalue weighted by Gasteiger charge is -2.23. The number of benzene rings is 1. The van der Waals surface area contributed by atoms with Gasteiger partial charge in [0, 0.05) is 25.5 Å². The minimum atomic E-state index is -0.0878. The Kier molecular flexibility index (Phi) is 6.81. The SMILES string of the molecule is CCOc1ccc([C@@H](CC)NC(=O)N(C)Cc2ccnc(C)c2)cc1. The third kappa shape index (κ3) is 5.48. The first-order chi connectivity index (χ1) is 12.0. The molecule has 0 radical (unpaired) electrons. The maximum Gasteiger partial charge on any atom is 0.317 e. The minimum absolute atomic E-state index is 0.0233. The summed E-state index contributed by atoms with van der Waals surface area (Å²) in [5, 5.41) is 3.10. The molecule has 0 aliphatic carbocycles. The van der Waals surface area contributed by atoms with Gasteiger partial charge in [-0.15, -0.1) is 0 Å². The Balaban J connectivity index is 1.98. The summed E-state index contributed by atoms with van der Waals surface area (Å²) in [5.41, 5.74) is 3.10. The average molecular weight is 341 g/mol. The van der Waals surface area contributed by atoms with Crippen LogP contribution in [-0.4, -0.2) is 29.6 Å². The first-order valence-electron chi connectivity index (χ1n) is 8.69. The van der Waals surface area contributed by atoms with Crippen molar-refractivity contribution in [1.29, 1.82) is 0 Å². The van der Waals surface area contributed by atoms with Gasteiger partial charge >= 0.3 is 6.03 Å². The van der Waals surface area contributed by atoms with Crippen molar-refractivity contribution in [2.24, 2.45) is 0 Å². The van der Waals surface area contributed by atoms with Crippen LogP contribution in [0.15, 0.2) is 42.6 Å². The van der Waals surface area contributed by atoms with E-state index in [2.05, 4.69) is 17.2 Å². The van der Waals surface area contributed by atoms with E-state index in [1.54, 1.807) is 18.1 Å². The van der Waals surface area contributed by atoms with E-state index in [9.17, 15) is 4.79 Å². The number of carbonyl (C=O) groups is 1. The highest BCUT2D eigenvalue weighted by molar-refractivity contribution is 5.74. The van der Waals surface area contributed by atoms with Crippen LogP contribution in [0.5, 0.6) is 5.75 Å². The second-order valence-corrected chi connectivity index (χ2v) is 6.07. The van der Waals surface area contributed by atoms with Crippen LogP contribution in [0.4, 0.5) is 4.79 Å². The molecule has 2 aromatic rings. The maximum absolute atomic E-state index is 12.5. The van der Waals surface area contributed by atoms with Crippen molar-refractivity contribution in [1.82, 2.24) is 15.2 Å². The Morgan fingerprint density at radius 1 is 1.24 bits per heavy atom. The van der Waals surface area contributed by atoms with Gasteiger partial charge in [0.25, 0.3) is 0 Å². The molecule has 1 heterocycles. The fourth-order valence-electron chi connectivity index (χ4n) is 2.69. The molecule has 0 fully saturated rings. The number of amides is 2. The van der Waals surface area contributed by atoms with E-state index < -0.39 is 0 Å². The zero-order chi connectivity index (χ0) is 18.2. The lowest BCUT2D eigenvalue weighted by atomic mass is 10.0. The number of hydrogen-bond donors (Lipinski definition) is 1. The normalized spacial score (nSPS) is 11.7. The van der Waals surface area contributed by atoms with Crippen molar-refractivity contribution in [2.75, 3.05) is 13.7 Å². The van der Waals surface area contributed by atoms with Gasteiger partial charge in [-0.1, -0.05) is 19.1 Å². The number of nitrogens with zero attached hydrogens (tertiary/aromatic N) is 2. The van der Waals surface area contributed by atoms with Crippen LogP contribution in [0.1, 0.15) is 43.1 Å². The molecule has 134 valence electrons. The van der Waals surface area contributed by atoms with Crippen molar-refractivity contribution in [2.45, 2.75) is 39.8 Å². The number of aryl methyl sites for hydroxylation is 1.